The third-order valence-electron chi connectivity index (χ3n) is 4.34. The normalized spacial score (nSPS) is 17.2. The Morgan fingerprint density at radius 2 is 2.12 bits per heavy atom. The predicted octanol–water partition coefficient (Wildman–Crippen LogP) is 2.80. The first kappa shape index (κ1) is 16.1. The Kier molecular flexibility index (Phi) is 4.42. The number of halogens is 1. The second-order valence-electron chi connectivity index (χ2n) is 6.03. The molecule has 1 aromatic carbocycles. The Labute approximate surface area is 149 Å². The Morgan fingerprint density at radius 1 is 1.28 bits per heavy atom. The summed E-state index contributed by atoms with van der Waals surface area (Å²) in [5.74, 6) is 0.897. The van der Waals surface area contributed by atoms with Crippen LogP contribution >= 0.6 is 11.6 Å². The number of ether oxygens (including phenoxy) is 1. The van der Waals surface area contributed by atoms with E-state index in [2.05, 4.69) is 20.3 Å². The van der Waals surface area contributed by atoms with Crippen molar-refractivity contribution in [2.24, 2.45) is 0 Å². The van der Waals surface area contributed by atoms with Gasteiger partial charge in [-0.1, -0.05) is 12.1 Å². The molecule has 7 nitrogen and oxygen atoms in total. The molecular formula is C17H18ClN5O2. The summed E-state index contributed by atoms with van der Waals surface area (Å²) < 4.78 is 7.47. The first-order valence-electron chi connectivity index (χ1n) is 8.20. The molecule has 1 aliphatic rings. The van der Waals surface area contributed by atoms with Gasteiger partial charge in [0.15, 0.2) is 17.0 Å². The number of imidazole rings is 1. The fourth-order valence-corrected chi connectivity index (χ4v) is 3.17. The van der Waals surface area contributed by atoms with Crippen LogP contribution in [0.3, 0.4) is 0 Å². The third-order valence-corrected chi connectivity index (χ3v) is 4.50. The van der Waals surface area contributed by atoms with Gasteiger partial charge in [-0.3, -0.25) is 0 Å². The van der Waals surface area contributed by atoms with Crippen LogP contribution in [0.15, 0.2) is 30.6 Å². The van der Waals surface area contributed by atoms with Crippen molar-refractivity contribution in [3.63, 3.8) is 0 Å². The number of benzene rings is 1. The molecule has 130 valence electrons. The molecule has 1 saturated heterocycles. The van der Waals surface area contributed by atoms with E-state index in [1.807, 2.05) is 16.7 Å². The van der Waals surface area contributed by atoms with Crippen LogP contribution in [0.1, 0.15) is 18.0 Å². The lowest BCUT2D eigenvalue weighted by Gasteiger charge is -2.11. The van der Waals surface area contributed by atoms with Crippen molar-refractivity contribution in [3.8, 4) is 5.75 Å². The van der Waals surface area contributed by atoms with Crippen molar-refractivity contribution in [2.75, 3.05) is 25.1 Å². The second kappa shape index (κ2) is 6.85. The fraction of sp³-hybridized carbons (Fsp3) is 0.353. The molecule has 0 bridgehead atoms. The summed E-state index contributed by atoms with van der Waals surface area (Å²) in [5, 5.41) is 12.8. The van der Waals surface area contributed by atoms with Crippen molar-refractivity contribution < 1.29 is 9.84 Å². The lowest BCUT2D eigenvalue weighted by atomic mass is 10.1. The van der Waals surface area contributed by atoms with Crippen LogP contribution in [-0.4, -0.2) is 44.4 Å². The molecule has 0 saturated carbocycles. The monoisotopic (exact) mass is 359 g/mol. The summed E-state index contributed by atoms with van der Waals surface area (Å²) in [6.45, 7) is 2.09. The standard InChI is InChI=1S/C17H18ClN5O2/c18-17-21-15(19-7-5-11-1-3-13(24)4-2-11)14-16(22-17)23(10-20-14)12-6-8-25-9-12/h1-4,10,12,24H,5-9H2,(H,19,21,22). The molecule has 1 fully saturated rings. The topological polar surface area (TPSA) is 85.1 Å². The molecule has 8 heteroatoms. The maximum Gasteiger partial charge on any atom is 0.226 e. The molecule has 4 rings (SSSR count). The number of phenols is 1. The highest BCUT2D eigenvalue weighted by Crippen LogP contribution is 2.27. The summed E-state index contributed by atoms with van der Waals surface area (Å²) in [4.78, 5) is 13.1. The summed E-state index contributed by atoms with van der Waals surface area (Å²) in [6.07, 6.45) is 3.51. The van der Waals surface area contributed by atoms with Crippen molar-refractivity contribution in [2.45, 2.75) is 18.9 Å². The zero-order valence-corrected chi connectivity index (χ0v) is 14.3. The van der Waals surface area contributed by atoms with Gasteiger partial charge in [0, 0.05) is 13.2 Å². The van der Waals surface area contributed by atoms with E-state index in [1.165, 1.54) is 0 Å². The number of nitrogens with one attached hydrogen (secondary N) is 1. The van der Waals surface area contributed by atoms with Gasteiger partial charge in [0.05, 0.1) is 19.0 Å². The number of anilines is 1. The Bertz CT molecular complexity index is 875. The van der Waals surface area contributed by atoms with Gasteiger partial charge in [0.2, 0.25) is 5.28 Å². The van der Waals surface area contributed by atoms with E-state index in [4.69, 9.17) is 16.3 Å². The number of aromatic hydroxyl groups is 1. The highest BCUT2D eigenvalue weighted by molar-refractivity contribution is 6.28. The van der Waals surface area contributed by atoms with Crippen LogP contribution in [0, 0.1) is 0 Å². The van der Waals surface area contributed by atoms with Gasteiger partial charge in [-0.2, -0.15) is 9.97 Å². The van der Waals surface area contributed by atoms with E-state index in [-0.39, 0.29) is 17.1 Å². The number of phenolic OH excluding ortho intramolecular Hbond substituents is 1. The summed E-state index contributed by atoms with van der Waals surface area (Å²) >= 11 is 6.11. The van der Waals surface area contributed by atoms with Crippen molar-refractivity contribution in [3.05, 3.63) is 41.4 Å². The van der Waals surface area contributed by atoms with Crippen LogP contribution in [0.2, 0.25) is 5.28 Å². The number of rotatable bonds is 5. The van der Waals surface area contributed by atoms with E-state index >= 15 is 0 Å². The smallest absolute Gasteiger partial charge is 0.226 e. The van der Waals surface area contributed by atoms with Gasteiger partial charge in [-0.25, -0.2) is 4.98 Å². The van der Waals surface area contributed by atoms with E-state index in [0.29, 0.717) is 24.5 Å². The van der Waals surface area contributed by atoms with Crippen molar-refractivity contribution in [1.29, 1.82) is 0 Å². The largest absolute Gasteiger partial charge is 0.508 e. The molecule has 1 aliphatic heterocycles. The molecule has 1 unspecified atom stereocenters. The molecule has 0 spiro atoms. The SMILES string of the molecule is Oc1ccc(CCNc2nc(Cl)nc3c2ncn3C2CCOC2)cc1. The van der Waals surface area contributed by atoms with Gasteiger partial charge in [-0.05, 0) is 42.1 Å². The molecule has 1 atom stereocenters. The third kappa shape index (κ3) is 3.38. The zero-order valence-electron chi connectivity index (χ0n) is 13.5. The molecule has 3 heterocycles. The van der Waals surface area contributed by atoms with Crippen molar-refractivity contribution >= 4 is 28.6 Å². The first-order chi connectivity index (χ1) is 12.2. The molecule has 0 radical (unpaired) electrons. The average Bonchev–Trinajstić information content (AvgIpc) is 3.25. The lowest BCUT2D eigenvalue weighted by Crippen LogP contribution is -2.10. The maximum absolute atomic E-state index is 9.33. The fourth-order valence-electron chi connectivity index (χ4n) is 3.01. The number of hydrogen-bond acceptors (Lipinski definition) is 6. The van der Waals surface area contributed by atoms with Crippen molar-refractivity contribution in [1.82, 2.24) is 19.5 Å². The predicted molar refractivity (Wildman–Crippen MR) is 95.1 cm³/mol. The van der Waals surface area contributed by atoms with Gasteiger partial charge >= 0.3 is 0 Å². The summed E-state index contributed by atoms with van der Waals surface area (Å²) in [5.41, 5.74) is 2.56. The van der Waals surface area contributed by atoms with Crippen LogP contribution in [0.4, 0.5) is 5.82 Å². The van der Waals surface area contributed by atoms with E-state index in [9.17, 15) is 5.11 Å². The van der Waals surface area contributed by atoms with Gasteiger partial charge in [0.1, 0.15) is 5.75 Å². The highest BCUT2D eigenvalue weighted by atomic mass is 35.5. The van der Waals surface area contributed by atoms with Gasteiger partial charge in [-0.15, -0.1) is 0 Å². The Hall–Kier alpha value is -2.38. The number of fused-ring (bicyclic) bond motifs is 1. The number of hydrogen-bond donors (Lipinski definition) is 2. The Morgan fingerprint density at radius 3 is 2.88 bits per heavy atom. The molecule has 0 aliphatic carbocycles. The molecule has 3 aromatic rings. The van der Waals surface area contributed by atoms with Gasteiger partial charge < -0.3 is 19.7 Å². The van der Waals surface area contributed by atoms with Crippen LogP contribution in [-0.2, 0) is 11.2 Å². The van der Waals surface area contributed by atoms with Gasteiger partial charge in [0.25, 0.3) is 0 Å². The Balaban J connectivity index is 1.53. The average molecular weight is 360 g/mol. The number of aromatic nitrogens is 4. The molecule has 0 amide bonds. The quantitative estimate of drug-likeness (QED) is 0.681. The summed E-state index contributed by atoms with van der Waals surface area (Å²) in [6, 6.07) is 7.39. The van der Waals surface area contributed by atoms with Crippen LogP contribution in [0.25, 0.3) is 11.2 Å². The molecule has 25 heavy (non-hydrogen) atoms. The van der Waals surface area contributed by atoms with E-state index in [0.717, 1.165) is 30.7 Å². The number of nitrogens with zero attached hydrogens (tertiary/aromatic N) is 4. The highest BCUT2D eigenvalue weighted by Gasteiger charge is 2.22. The minimum Gasteiger partial charge on any atom is -0.508 e. The van der Waals surface area contributed by atoms with Crippen LogP contribution in [0.5, 0.6) is 5.75 Å². The molecule has 2 N–H and O–H groups in total. The zero-order chi connectivity index (χ0) is 17.2. The lowest BCUT2D eigenvalue weighted by molar-refractivity contribution is 0.187. The minimum absolute atomic E-state index is 0.195. The molecule has 2 aromatic heterocycles. The molecular weight excluding hydrogens is 342 g/mol. The second-order valence-corrected chi connectivity index (χ2v) is 6.36. The van der Waals surface area contributed by atoms with Crippen LogP contribution < -0.4 is 5.32 Å². The minimum atomic E-state index is 0.195. The first-order valence-corrected chi connectivity index (χ1v) is 8.58. The maximum atomic E-state index is 9.33. The van der Waals surface area contributed by atoms with E-state index in [1.54, 1.807) is 18.5 Å². The summed E-state index contributed by atoms with van der Waals surface area (Å²) in [7, 11) is 0. The van der Waals surface area contributed by atoms with E-state index < -0.39 is 0 Å².